The number of nitrogens with one attached hydrogen (secondary N) is 1. The Morgan fingerprint density at radius 1 is 1.17 bits per heavy atom. The van der Waals surface area contributed by atoms with E-state index in [-0.39, 0.29) is 22.9 Å². The molecule has 1 amide bonds. The van der Waals surface area contributed by atoms with Crippen LogP contribution in [0.2, 0.25) is 5.02 Å². The average molecular weight is 347 g/mol. The van der Waals surface area contributed by atoms with Gasteiger partial charge >= 0.3 is 0 Å². The van der Waals surface area contributed by atoms with Crippen molar-refractivity contribution in [2.24, 2.45) is 0 Å². The van der Waals surface area contributed by atoms with Gasteiger partial charge in [0.15, 0.2) is 0 Å². The summed E-state index contributed by atoms with van der Waals surface area (Å²) in [6.07, 6.45) is 2.42. The topological polar surface area (TPSA) is 32.3 Å². The van der Waals surface area contributed by atoms with Crippen LogP contribution in [-0.4, -0.2) is 23.9 Å². The monoisotopic (exact) mass is 346 g/mol. The first-order chi connectivity index (χ1) is 11.6. The van der Waals surface area contributed by atoms with E-state index in [0.717, 1.165) is 25.3 Å². The molecule has 3 rings (SSSR count). The van der Waals surface area contributed by atoms with Gasteiger partial charge in [0.2, 0.25) is 5.91 Å². The van der Waals surface area contributed by atoms with Gasteiger partial charge in [-0.25, -0.2) is 4.39 Å². The smallest absolute Gasteiger partial charge is 0.228 e. The molecule has 0 bridgehead atoms. The highest BCUT2D eigenvalue weighted by atomic mass is 35.5. The summed E-state index contributed by atoms with van der Waals surface area (Å²) in [5.41, 5.74) is 2.12. The third-order valence-electron chi connectivity index (χ3n) is 4.21. The Morgan fingerprint density at radius 3 is 2.67 bits per heavy atom. The van der Waals surface area contributed by atoms with Crippen LogP contribution in [0.15, 0.2) is 42.5 Å². The van der Waals surface area contributed by atoms with Gasteiger partial charge in [-0.2, -0.15) is 0 Å². The van der Waals surface area contributed by atoms with Crippen molar-refractivity contribution < 1.29 is 9.18 Å². The van der Waals surface area contributed by atoms with Crippen LogP contribution in [0.3, 0.4) is 0 Å². The molecule has 5 heteroatoms. The number of rotatable bonds is 5. The lowest BCUT2D eigenvalue weighted by Crippen LogP contribution is -2.19. The van der Waals surface area contributed by atoms with E-state index in [1.807, 2.05) is 18.2 Å². The molecule has 0 unspecified atom stereocenters. The molecule has 2 aromatic carbocycles. The number of hydrogen-bond acceptors (Lipinski definition) is 2. The highest BCUT2D eigenvalue weighted by Crippen LogP contribution is 2.21. The summed E-state index contributed by atoms with van der Waals surface area (Å²) in [7, 11) is 0. The van der Waals surface area contributed by atoms with Crippen LogP contribution in [0.5, 0.6) is 0 Å². The van der Waals surface area contributed by atoms with Crippen molar-refractivity contribution in [3.8, 4) is 0 Å². The molecule has 1 aliphatic heterocycles. The minimum atomic E-state index is -0.458. The Bertz CT molecular complexity index is 709. The summed E-state index contributed by atoms with van der Waals surface area (Å²) < 4.78 is 13.8. The average Bonchev–Trinajstić information content (AvgIpc) is 3.04. The summed E-state index contributed by atoms with van der Waals surface area (Å²) in [5, 5.41) is 3.10. The molecule has 1 heterocycles. The fourth-order valence-electron chi connectivity index (χ4n) is 3.01. The van der Waals surface area contributed by atoms with Crippen LogP contribution in [-0.2, 0) is 17.8 Å². The first kappa shape index (κ1) is 16.9. The number of likely N-dealkylation sites (tertiary alicyclic amines) is 1. The van der Waals surface area contributed by atoms with Crippen molar-refractivity contribution in [1.29, 1.82) is 0 Å². The summed E-state index contributed by atoms with van der Waals surface area (Å²) >= 11 is 5.97. The van der Waals surface area contributed by atoms with Gasteiger partial charge in [0, 0.05) is 22.8 Å². The molecule has 126 valence electrons. The third kappa shape index (κ3) is 4.34. The van der Waals surface area contributed by atoms with Gasteiger partial charge in [0.05, 0.1) is 6.42 Å². The van der Waals surface area contributed by atoms with Crippen LogP contribution < -0.4 is 5.32 Å². The Hall–Kier alpha value is -1.91. The summed E-state index contributed by atoms with van der Waals surface area (Å²) in [5.74, 6) is -0.735. The first-order valence-electron chi connectivity index (χ1n) is 8.16. The molecular formula is C19H20ClFN2O. The second kappa shape index (κ2) is 7.77. The van der Waals surface area contributed by atoms with Gasteiger partial charge in [0.1, 0.15) is 5.82 Å². The molecule has 0 aromatic heterocycles. The zero-order chi connectivity index (χ0) is 16.9. The second-order valence-corrected chi connectivity index (χ2v) is 6.52. The molecule has 2 aromatic rings. The van der Waals surface area contributed by atoms with Crippen molar-refractivity contribution in [3.05, 3.63) is 64.4 Å². The van der Waals surface area contributed by atoms with Crippen molar-refractivity contribution in [1.82, 2.24) is 4.90 Å². The number of amides is 1. The maximum absolute atomic E-state index is 13.8. The fraction of sp³-hybridized carbons (Fsp3) is 0.316. The molecule has 0 spiro atoms. The fourth-order valence-corrected chi connectivity index (χ4v) is 3.24. The van der Waals surface area contributed by atoms with E-state index >= 15 is 0 Å². The van der Waals surface area contributed by atoms with Crippen molar-refractivity contribution >= 4 is 23.2 Å². The number of carbonyl (C=O) groups excluding carboxylic acids is 1. The zero-order valence-corrected chi connectivity index (χ0v) is 14.2. The van der Waals surface area contributed by atoms with Crippen LogP contribution >= 0.6 is 11.6 Å². The summed E-state index contributed by atoms with van der Waals surface area (Å²) in [6.45, 7) is 3.15. The van der Waals surface area contributed by atoms with E-state index in [1.165, 1.54) is 30.5 Å². The highest BCUT2D eigenvalue weighted by Gasteiger charge is 2.14. The third-order valence-corrected chi connectivity index (χ3v) is 4.57. The Balaban J connectivity index is 1.63. The second-order valence-electron chi connectivity index (χ2n) is 6.11. The largest absolute Gasteiger partial charge is 0.326 e. The van der Waals surface area contributed by atoms with Crippen molar-refractivity contribution in [2.75, 3.05) is 18.4 Å². The number of benzene rings is 2. The van der Waals surface area contributed by atoms with Gasteiger partial charge in [-0.3, -0.25) is 9.69 Å². The minimum absolute atomic E-state index is 0.0815. The van der Waals surface area contributed by atoms with E-state index in [9.17, 15) is 9.18 Å². The van der Waals surface area contributed by atoms with Crippen LogP contribution in [0, 0.1) is 5.82 Å². The van der Waals surface area contributed by atoms with Crippen LogP contribution in [0.25, 0.3) is 0 Å². The maximum atomic E-state index is 13.8. The number of halogens is 2. The Kier molecular flexibility index (Phi) is 5.48. The normalized spacial score (nSPS) is 14.8. The molecular weight excluding hydrogens is 327 g/mol. The molecule has 3 nitrogen and oxygen atoms in total. The Labute approximate surface area is 146 Å². The molecule has 1 aliphatic rings. The van der Waals surface area contributed by atoms with E-state index < -0.39 is 5.82 Å². The minimum Gasteiger partial charge on any atom is -0.326 e. The Morgan fingerprint density at radius 2 is 1.92 bits per heavy atom. The molecule has 1 saturated heterocycles. The summed E-state index contributed by atoms with van der Waals surface area (Å²) in [6, 6.07) is 12.2. The lowest BCUT2D eigenvalue weighted by atomic mass is 10.1. The van der Waals surface area contributed by atoms with E-state index in [4.69, 9.17) is 11.6 Å². The molecule has 1 N–H and O–H groups in total. The zero-order valence-electron chi connectivity index (χ0n) is 13.4. The molecule has 0 aliphatic carbocycles. The predicted molar refractivity (Wildman–Crippen MR) is 94.7 cm³/mol. The van der Waals surface area contributed by atoms with Crippen molar-refractivity contribution in [2.45, 2.75) is 25.8 Å². The van der Waals surface area contributed by atoms with E-state index in [2.05, 4.69) is 16.3 Å². The number of carbonyl (C=O) groups is 1. The van der Waals surface area contributed by atoms with Gasteiger partial charge < -0.3 is 5.32 Å². The number of hydrogen-bond donors (Lipinski definition) is 1. The van der Waals surface area contributed by atoms with Gasteiger partial charge in [-0.1, -0.05) is 29.8 Å². The first-order valence-corrected chi connectivity index (χ1v) is 8.53. The van der Waals surface area contributed by atoms with Crippen LogP contribution in [0.4, 0.5) is 10.1 Å². The SMILES string of the molecule is O=C(Cc1c(F)cccc1Cl)Nc1cccc(CN2CCCC2)c1. The molecule has 0 saturated carbocycles. The van der Waals surface area contributed by atoms with Gasteiger partial charge in [0.25, 0.3) is 0 Å². The maximum Gasteiger partial charge on any atom is 0.228 e. The van der Waals surface area contributed by atoms with Gasteiger partial charge in [-0.15, -0.1) is 0 Å². The molecule has 0 atom stereocenters. The van der Waals surface area contributed by atoms with Crippen LogP contribution in [0.1, 0.15) is 24.0 Å². The number of nitrogens with zero attached hydrogens (tertiary/aromatic N) is 1. The highest BCUT2D eigenvalue weighted by molar-refractivity contribution is 6.31. The molecule has 1 fully saturated rings. The lowest BCUT2D eigenvalue weighted by Gasteiger charge is -2.15. The summed E-state index contributed by atoms with van der Waals surface area (Å²) in [4.78, 5) is 14.6. The van der Waals surface area contributed by atoms with E-state index in [0.29, 0.717) is 0 Å². The van der Waals surface area contributed by atoms with Gasteiger partial charge in [-0.05, 0) is 55.8 Å². The molecule has 0 radical (unpaired) electrons. The quantitative estimate of drug-likeness (QED) is 0.877. The molecule has 24 heavy (non-hydrogen) atoms. The van der Waals surface area contributed by atoms with Crippen molar-refractivity contribution in [3.63, 3.8) is 0 Å². The standard InChI is InChI=1S/C19H20ClFN2O/c20-17-7-4-8-18(21)16(17)12-19(24)22-15-6-3-5-14(11-15)13-23-9-1-2-10-23/h3-8,11H,1-2,9-10,12-13H2,(H,22,24). The lowest BCUT2D eigenvalue weighted by molar-refractivity contribution is -0.115. The van der Waals surface area contributed by atoms with E-state index in [1.54, 1.807) is 6.07 Å². The predicted octanol–water partition coefficient (Wildman–Crippen LogP) is 4.26. The number of anilines is 1.